The SMILES string of the molecule is CC(=O)C(C=O)(C1CCCCC1)C1CCCC1. The average Bonchev–Trinajstić information content (AvgIpc) is 2.86. The van der Waals surface area contributed by atoms with Crippen LogP contribution < -0.4 is 0 Å². The third-order valence-corrected chi connectivity index (χ3v) is 5.12. The summed E-state index contributed by atoms with van der Waals surface area (Å²) in [6, 6.07) is 0. The monoisotopic (exact) mass is 236 g/mol. The highest BCUT2D eigenvalue weighted by Crippen LogP contribution is 2.49. The van der Waals surface area contributed by atoms with Crippen molar-refractivity contribution in [1.82, 2.24) is 0 Å². The van der Waals surface area contributed by atoms with E-state index in [9.17, 15) is 9.59 Å². The Hall–Kier alpha value is -0.660. The van der Waals surface area contributed by atoms with Gasteiger partial charge in [0.25, 0.3) is 0 Å². The van der Waals surface area contributed by atoms with E-state index < -0.39 is 5.41 Å². The van der Waals surface area contributed by atoms with Gasteiger partial charge >= 0.3 is 0 Å². The second-order valence-corrected chi connectivity index (χ2v) is 5.92. The summed E-state index contributed by atoms with van der Waals surface area (Å²) >= 11 is 0. The lowest BCUT2D eigenvalue weighted by atomic mass is 9.60. The molecule has 0 saturated heterocycles. The summed E-state index contributed by atoms with van der Waals surface area (Å²) < 4.78 is 0. The molecule has 0 aromatic heterocycles. The number of aldehydes is 1. The minimum absolute atomic E-state index is 0.131. The Kier molecular flexibility index (Phi) is 4.01. The Morgan fingerprint density at radius 3 is 1.71 bits per heavy atom. The maximum Gasteiger partial charge on any atom is 0.143 e. The van der Waals surface area contributed by atoms with Crippen molar-refractivity contribution in [3.05, 3.63) is 0 Å². The van der Waals surface area contributed by atoms with Gasteiger partial charge in [0.1, 0.15) is 12.1 Å². The highest BCUT2D eigenvalue weighted by atomic mass is 16.1. The van der Waals surface area contributed by atoms with E-state index in [0.717, 1.165) is 32.0 Å². The lowest BCUT2D eigenvalue weighted by Crippen LogP contribution is -2.45. The van der Waals surface area contributed by atoms with Crippen LogP contribution in [0, 0.1) is 17.3 Å². The number of hydrogen-bond donors (Lipinski definition) is 0. The van der Waals surface area contributed by atoms with Crippen molar-refractivity contribution in [3.63, 3.8) is 0 Å². The van der Waals surface area contributed by atoms with Crippen LogP contribution in [-0.4, -0.2) is 12.1 Å². The van der Waals surface area contributed by atoms with Crippen molar-refractivity contribution >= 4 is 12.1 Å². The van der Waals surface area contributed by atoms with Gasteiger partial charge in [0, 0.05) is 0 Å². The Labute approximate surface area is 104 Å². The molecule has 0 aromatic carbocycles. The van der Waals surface area contributed by atoms with Crippen LogP contribution in [0.3, 0.4) is 0 Å². The van der Waals surface area contributed by atoms with Crippen LogP contribution in [0.4, 0.5) is 0 Å². The standard InChI is InChI=1S/C15H24O2/c1-12(17)15(11-16,14-9-5-6-10-14)13-7-3-2-4-8-13/h11,13-14H,2-10H2,1H3. The molecule has 0 spiro atoms. The van der Waals surface area contributed by atoms with Crippen LogP contribution in [0.2, 0.25) is 0 Å². The summed E-state index contributed by atoms with van der Waals surface area (Å²) in [5.41, 5.74) is -0.628. The molecule has 2 fully saturated rings. The van der Waals surface area contributed by atoms with Crippen molar-refractivity contribution in [1.29, 1.82) is 0 Å². The lowest BCUT2D eigenvalue weighted by molar-refractivity contribution is -0.142. The highest BCUT2D eigenvalue weighted by Gasteiger charge is 2.49. The minimum atomic E-state index is -0.628. The van der Waals surface area contributed by atoms with Crippen LogP contribution in [-0.2, 0) is 9.59 Å². The first-order valence-electron chi connectivity index (χ1n) is 7.19. The van der Waals surface area contributed by atoms with E-state index in [2.05, 4.69) is 0 Å². The first-order chi connectivity index (χ1) is 8.21. The molecule has 2 heteroatoms. The predicted molar refractivity (Wildman–Crippen MR) is 67.7 cm³/mol. The molecule has 2 aliphatic carbocycles. The molecule has 1 atom stereocenters. The zero-order chi connectivity index (χ0) is 12.3. The number of carbonyl (C=O) groups excluding carboxylic acids is 2. The Bertz CT molecular complexity index is 285. The molecule has 0 radical (unpaired) electrons. The van der Waals surface area contributed by atoms with Crippen LogP contribution in [0.15, 0.2) is 0 Å². The maximum atomic E-state index is 12.2. The predicted octanol–water partition coefficient (Wildman–Crippen LogP) is 3.53. The average molecular weight is 236 g/mol. The molecule has 17 heavy (non-hydrogen) atoms. The van der Waals surface area contributed by atoms with E-state index in [1.165, 1.54) is 32.1 Å². The summed E-state index contributed by atoms with van der Waals surface area (Å²) in [6.07, 6.45) is 11.4. The second kappa shape index (κ2) is 5.32. The number of ketones is 1. The third-order valence-electron chi connectivity index (χ3n) is 5.12. The fourth-order valence-corrected chi connectivity index (χ4v) is 4.17. The maximum absolute atomic E-state index is 12.2. The Morgan fingerprint density at radius 2 is 1.35 bits per heavy atom. The zero-order valence-corrected chi connectivity index (χ0v) is 10.9. The van der Waals surface area contributed by atoms with Gasteiger partial charge in [0.15, 0.2) is 0 Å². The highest BCUT2D eigenvalue weighted by molar-refractivity contribution is 5.97. The summed E-state index contributed by atoms with van der Waals surface area (Å²) in [4.78, 5) is 23.9. The van der Waals surface area contributed by atoms with Gasteiger partial charge in [-0.15, -0.1) is 0 Å². The number of rotatable bonds is 4. The molecule has 0 aliphatic heterocycles. The van der Waals surface area contributed by atoms with Gasteiger partial charge in [0.05, 0.1) is 5.41 Å². The third kappa shape index (κ3) is 2.19. The van der Waals surface area contributed by atoms with E-state index in [1.54, 1.807) is 6.92 Å². The van der Waals surface area contributed by atoms with Crippen molar-refractivity contribution < 1.29 is 9.59 Å². The van der Waals surface area contributed by atoms with Crippen LogP contribution in [0.1, 0.15) is 64.7 Å². The molecule has 2 rings (SSSR count). The summed E-state index contributed by atoms with van der Waals surface area (Å²) in [5, 5.41) is 0. The van der Waals surface area contributed by atoms with Gasteiger partial charge in [-0.25, -0.2) is 0 Å². The fourth-order valence-electron chi connectivity index (χ4n) is 4.17. The van der Waals surface area contributed by atoms with Gasteiger partial charge in [-0.1, -0.05) is 32.1 Å². The molecule has 0 bridgehead atoms. The molecule has 1 unspecified atom stereocenters. The number of carbonyl (C=O) groups is 2. The van der Waals surface area contributed by atoms with Crippen LogP contribution in [0.5, 0.6) is 0 Å². The number of Topliss-reactive ketones (excluding diaryl/α,β-unsaturated/α-hetero) is 1. The van der Waals surface area contributed by atoms with Gasteiger partial charge in [0.2, 0.25) is 0 Å². The molecule has 0 N–H and O–H groups in total. The first-order valence-corrected chi connectivity index (χ1v) is 7.19. The van der Waals surface area contributed by atoms with E-state index in [0.29, 0.717) is 11.8 Å². The molecule has 2 nitrogen and oxygen atoms in total. The molecule has 2 saturated carbocycles. The summed E-state index contributed by atoms with van der Waals surface area (Å²) in [5.74, 6) is 0.793. The largest absolute Gasteiger partial charge is 0.302 e. The van der Waals surface area contributed by atoms with E-state index in [-0.39, 0.29) is 5.78 Å². The minimum Gasteiger partial charge on any atom is -0.302 e. The summed E-state index contributed by atoms with van der Waals surface area (Å²) in [7, 11) is 0. The van der Waals surface area contributed by atoms with E-state index in [4.69, 9.17) is 0 Å². The lowest BCUT2D eigenvalue weighted by Gasteiger charge is -2.41. The van der Waals surface area contributed by atoms with Gasteiger partial charge in [-0.2, -0.15) is 0 Å². The number of hydrogen-bond acceptors (Lipinski definition) is 2. The van der Waals surface area contributed by atoms with Crippen molar-refractivity contribution in [3.8, 4) is 0 Å². The molecular formula is C15H24O2. The molecule has 0 heterocycles. The normalized spacial score (nSPS) is 26.6. The molecule has 0 amide bonds. The van der Waals surface area contributed by atoms with Gasteiger partial charge < -0.3 is 4.79 Å². The molecule has 0 aromatic rings. The van der Waals surface area contributed by atoms with E-state index >= 15 is 0 Å². The van der Waals surface area contributed by atoms with Gasteiger partial charge in [-0.3, -0.25) is 4.79 Å². The fraction of sp³-hybridized carbons (Fsp3) is 0.867. The Morgan fingerprint density at radius 1 is 0.941 bits per heavy atom. The van der Waals surface area contributed by atoms with Crippen molar-refractivity contribution in [2.45, 2.75) is 64.7 Å². The van der Waals surface area contributed by atoms with Crippen LogP contribution in [0.25, 0.3) is 0 Å². The summed E-state index contributed by atoms with van der Waals surface area (Å²) in [6.45, 7) is 1.64. The smallest absolute Gasteiger partial charge is 0.143 e. The first kappa shape index (κ1) is 12.8. The van der Waals surface area contributed by atoms with Crippen molar-refractivity contribution in [2.24, 2.45) is 17.3 Å². The zero-order valence-electron chi connectivity index (χ0n) is 10.9. The molecule has 2 aliphatic rings. The Balaban J connectivity index is 2.26. The van der Waals surface area contributed by atoms with Crippen LogP contribution >= 0.6 is 0 Å². The van der Waals surface area contributed by atoms with Crippen molar-refractivity contribution in [2.75, 3.05) is 0 Å². The topological polar surface area (TPSA) is 34.1 Å². The van der Waals surface area contributed by atoms with E-state index in [1.807, 2.05) is 0 Å². The molecule has 96 valence electrons. The van der Waals surface area contributed by atoms with Gasteiger partial charge in [-0.05, 0) is 44.4 Å². The molecular weight excluding hydrogens is 212 g/mol. The second-order valence-electron chi connectivity index (χ2n) is 5.92. The quantitative estimate of drug-likeness (QED) is 0.552.